The van der Waals surface area contributed by atoms with E-state index in [-0.39, 0.29) is 25.7 Å². The number of esters is 4. The van der Waals surface area contributed by atoms with Crippen LogP contribution in [0.25, 0.3) is 0 Å². The minimum atomic E-state index is -4.95. The maximum Gasteiger partial charge on any atom is 0.472 e. The second-order valence-corrected chi connectivity index (χ2v) is 31.5. The van der Waals surface area contributed by atoms with Gasteiger partial charge in [0.05, 0.1) is 26.4 Å². The molecule has 0 bridgehead atoms. The van der Waals surface area contributed by atoms with Crippen LogP contribution in [0.4, 0.5) is 0 Å². The van der Waals surface area contributed by atoms with Crippen molar-refractivity contribution in [3.63, 3.8) is 0 Å². The average Bonchev–Trinajstić information content (AvgIpc) is 2.33. The minimum absolute atomic E-state index is 0.105. The van der Waals surface area contributed by atoms with Gasteiger partial charge in [-0.15, -0.1) is 0 Å². The number of aliphatic hydroxyl groups is 1. The molecule has 0 aromatic rings. The maximum atomic E-state index is 13.0. The molecular weight excluding hydrogens is 1220 g/mol. The van der Waals surface area contributed by atoms with Gasteiger partial charge in [0, 0.05) is 25.7 Å². The highest BCUT2D eigenvalue weighted by Gasteiger charge is 2.30. The lowest BCUT2D eigenvalue weighted by atomic mass is 10.0. The van der Waals surface area contributed by atoms with E-state index in [9.17, 15) is 43.2 Å². The smallest absolute Gasteiger partial charge is 0.462 e. The van der Waals surface area contributed by atoms with Gasteiger partial charge < -0.3 is 33.8 Å². The van der Waals surface area contributed by atoms with Crippen LogP contribution in [-0.2, 0) is 65.4 Å². The lowest BCUT2D eigenvalue weighted by molar-refractivity contribution is -0.161. The van der Waals surface area contributed by atoms with E-state index in [4.69, 9.17) is 37.0 Å². The van der Waals surface area contributed by atoms with Gasteiger partial charge in [0.1, 0.15) is 19.3 Å². The molecule has 0 heterocycles. The molecule has 0 spiro atoms. The van der Waals surface area contributed by atoms with Crippen LogP contribution in [0.15, 0.2) is 0 Å². The van der Waals surface area contributed by atoms with Crippen molar-refractivity contribution in [2.24, 2.45) is 23.7 Å². The van der Waals surface area contributed by atoms with Crippen molar-refractivity contribution in [2.75, 3.05) is 39.6 Å². The van der Waals surface area contributed by atoms with Crippen LogP contribution in [0.5, 0.6) is 0 Å². The Bertz CT molecular complexity index is 1830. The fraction of sp³-hybridized carbons (Fsp3) is 0.946. The van der Waals surface area contributed by atoms with E-state index < -0.39 is 97.5 Å². The Balaban J connectivity index is 5.15. The standard InChI is InChI=1S/C74H144O17P2/c1-64(2)50-42-34-26-22-18-15-13-11-9-10-12-14-16-20-24-28-40-48-56-73(78)90-69(60-84-71(76)54-46-38-32-30-36-44-52-66(5)6)62-88-92(80,81)86-58-68(75)59-87-93(82,83)89-63-70(61-85-72(77)55-47-39-33-31-37-45-53-67(7)8)91-74(79)57-49-41-29-25-21-17-19-23-27-35-43-51-65(3)4/h64-70,75H,9-63H2,1-8H3,(H,80,81)(H,82,83)/t68-,69-,70-/m1/s1. The number of carbonyl (C=O) groups is 4. The molecule has 0 fully saturated rings. The van der Waals surface area contributed by atoms with Gasteiger partial charge in [0.25, 0.3) is 0 Å². The summed E-state index contributed by atoms with van der Waals surface area (Å²) in [7, 11) is -9.91. The monoisotopic (exact) mass is 1370 g/mol. The molecule has 0 aromatic carbocycles. The van der Waals surface area contributed by atoms with Crippen molar-refractivity contribution in [1.29, 1.82) is 0 Å². The summed E-state index contributed by atoms with van der Waals surface area (Å²) < 4.78 is 68.3. The number of phosphoric acid groups is 2. The number of unbranched alkanes of at least 4 members (excludes halogenated alkanes) is 37. The number of aliphatic hydroxyl groups excluding tert-OH is 1. The Morgan fingerprint density at radius 1 is 0.269 bits per heavy atom. The van der Waals surface area contributed by atoms with Crippen LogP contribution in [0.2, 0.25) is 0 Å². The molecule has 2 unspecified atom stereocenters. The van der Waals surface area contributed by atoms with Crippen molar-refractivity contribution >= 4 is 39.5 Å². The fourth-order valence-electron chi connectivity index (χ4n) is 11.2. The van der Waals surface area contributed by atoms with E-state index in [0.717, 1.165) is 115 Å². The molecular formula is C74H144O17P2. The molecule has 0 rings (SSSR count). The topological polar surface area (TPSA) is 237 Å². The average molecular weight is 1370 g/mol. The van der Waals surface area contributed by atoms with E-state index in [1.807, 2.05) is 0 Å². The first-order valence-electron chi connectivity index (χ1n) is 38.2. The molecule has 0 aliphatic carbocycles. The van der Waals surface area contributed by atoms with Gasteiger partial charge in [0.15, 0.2) is 12.2 Å². The van der Waals surface area contributed by atoms with Gasteiger partial charge in [0.2, 0.25) is 0 Å². The molecule has 3 N–H and O–H groups in total. The number of carbonyl (C=O) groups excluding carboxylic acids is 4. The summed E-state index contributed by atoms with van der Waals surface area (Å²) in [5, 5.41) is 10.6. The minimum Gasteiger partial charge on any atom is -0.462 e. The Morgan fingerprint density at radius 3 is 0.667 bits per heavy atom. The van der Waals surface area contributed by atoms with Crippen LogP contribution in [0.1, 0.15) is 370 Å². The Kier molecular flexibility index (Phi) is 62.2. The zero-order chi connectivity index (χ0) is 68.9. The molecule has 0 aliphatic rings. The molecule has 17 nitrogen and oxygen atoms in total. The van der Waals surface area contributed by atoms with Gasteiger partial charge in [-0.3, -0.25) is 37.3 Å². The molecule has 552 valence electrons. The lowest BCUT2D eigenvalue weighted by Crippen LogP contribution is -2.30. The predicted molar refractivity (Wildman–Crippen MR) is 377 cm³/mol. The highest BCUT2D eigenvalue weighted by molar-refractivity contribution is 7.47. The first kappa shape index (κ1) is 91.1. The van der Waals surface area contributed by atoms with Crippen LogP contribution in [0, 0.1) is 23.7 Å². The van der Waals surface area contributed by atoms with Gasteiger partial charge >= 0.3 is 39.5 Å². The van der Waals surface area contributed by atoms with Crippen LogP contribution in [-0.4, -0.2) is 96.7 Å². The predicted octanol–water partition coefficient (Wildman–Crippen LogP) is 21.3. The number of rotatable bonds is 71. The van der Waals surface area contributed by atoms with E-state index >= 15 is 0 Å². The number of ether oxygens (including phenoxy) is 4. The Morgan fingerprint density at radius 2 is 0.452 bits per heavy atom. The summed E-state index contributed by atoms with van der Waals surface area (Å²) >= 11 is 0. The lowest BCUT2D eigenvalue weighted by Gasteiger charge is -2.21. The van der Waals surface area contributed by atoms with Crippen molar-refractivity contribution in [3.05, 3.63) is 0 Å². The molecule has 0 saturated heterocycles. The number of hydrogen-bond acceptors (Lipinski definition) is 15. The molecule has 93 heavy (non-hydrogen) atoms. The Hall–Kier alpha value is -1.94. The molecule has 0 radical (unpaired) electrons. The molecule has 0 aromatic heterocycles. The van der Waals surface area contributed by atoms with E-state index in [2.05, 4.69) is 55.4 Å². The zero-order valence-electron chi connectivity index (χ0n) is 60.9. The third-order valence-corrected chi connectivity index (χ3v) is 19.0. The molecule has 0 saturated carbocycles. The van der Waals surface area contributed by atoms with Crippen LogP contribution in [0.3, 0.4) is 0 Å². The van der Waals surface area contributed by atoms with E-state index in [1.54, 1.807) is 0 Å². The third-order valence-electron chi connectivity index (χ3n) is 17.1. The number of hydrogen-bond donors (Lipinski definition) is 3. The maximum absolute atomic E-state index is 13.0. The van der Waals surface area contributed by atoms with Crippen LogP contribution >= 0.6 is 15.6 Å². The quantitative estimate of drug-likeness (QED) is 0.0222. The number of phosphoric ester groups is 2. The zero-order valence-corrected chi connectivity index (χ0v) is 62.7. The van der Waals surface area contributed by atoms with Gasteiger partial charge in [-0.05, 0) is 49.4 Å². The molecule has 0 aliphatic heterocycles. The summed E-state index contributed by atoms with van der Waals surface area (Å²) in [6, 6.07) is 0. The Labute approximate surface area is 568 Å². The van der Waals surface area contributed by atoms with Crippen molar-refractivity contribution in [3.8, 4) is 0 Å². The summed E-state index contributed by atoms with van der Waals surface area (Å²) in [5.74, 6) is 0.816. The SMILES string of the molecule is CC(C)CCCCCCCCCCCCCCCCCCCCC(=O)O[C@H](COC(=O)CCCCCCCCC(C)C)COP(=O)(O)OC[C@@H](O)COP(=O)(O)OC[C@@H](COC(=O)CCCCCCCCC(C)C)OC(=O)CCCCCCCCCCCCCC(C)C. The summed E-state index contributed by atoms with van der Waals surface area (Å²) in [6.07, 6.45) is 47.7. The van der Waals surface area contributed by atoms with Crippen molar-refractivity contribution in [1.82, 2.24) is 0 Å². The highest BCUT2D eigenvalue weighted by Crippen LogP contribution is 2.45. The van der Waals surface area contributed by atoms with Crippen molar-refractivity contribution in [2.45, 2.75) is 388 Å². The summed E-state index contributed by atoms with van der Waals surface area (Å²) in [4.78, 5) is 72.6. The second-order valence-electron chi connectivity index (χ2n) is 28.6. The van der Waals surface area contributed by atoms with E-state index in [1.165, 1.54) is 161 Å². The first-order chi connectivity index (χ1) is 44.6. The second kappa shape index (κ2) is 63.5. The van der Waals surface area contributed by atoms with Crippen molar-refractivity contribution < 1.29 is 80.2 Å². The normalized spacial score (nSPS) is 14.2. The molecule has 19 heteroatoms. The summed E-state index contributed by atoms with van der Waals surface area (Å²) in [5.41, 5.74) is 0. The largest absolute Gasteiger partial charge is 0.472 e. The molecule has 5 atom stereocenters. The fourth-order valence-corrected chi connectivity index (χ4v) is 12.8. The highest BCUT2D eigenvalue weighted by atomic mass is 31.2. The van der Waals surface area contributed by atoms with Crippen LogP contribution < -0.4 is 0 Å². The first-order valence-corrected chi connectivity index (χ1v) is 41.2. The van der Waals surface area contributed by atoms with Gasteiger partial charge in [-0.2, -0.15) is 0 Å². The third kappa shape index (κ3) is 68.4. The van der Waals surface area contributed by atoms with E-state index in [0.29, 0.717) is 37.5 Å². The molecule has 0 amide bonds. The van der Waals surface area contributed by atoms with Gasteiger partial charge in [-0.1, -0.05) is 319 Å². The summed E-state index contributed by atoms with van der Waals surface area (Å²) in [6.45, 7) is 14.1. The van der Waals surface area contributed by atoms with Gasteiger partial charge in [-0.25, -0.2) is 9.13 Å².